The monoisotopic (exact) mass is 194 g/mol. The van der Waals surface area contributed by atoms with Gasteiger partial charge in [-0.15, -0.1) is 0 Å². The van der Waals surface area contributed by atoms with Crippen LogP contribution in [-0.2, 0) is 9.53 Å². The molecule has 1 heterocycles. The van der Waals surface area contributed by atoms with Crippen LogP contribution in [0.25, 0.3) is 0 Å². The molecule has 0 bridgehead atoms. The second-order valence-electron chi connectivity index (χ2n) is 3.25. The van der Waals surface area contributed by atoms with Gasteiger partial charge in [0.05, 0.1) is 11.9 Å². The quantitative estimate of drug-likeness (QED) is 0.590. The van der Waals surface area contributed by atoms with E-state index in [-0.39, 0.29) is 12.1 Å². The van der Waals surface area contributed by atoms with Crippen LogP contribution in [0.1, 0.15) is 31.5 Å². The molecule has 0 aromatic carbocycles. The third-order valence-corrected chi connectivity index (χ3v) is 1.79. The van der Waals surface area contributed by atoms with Gasteiger partial charge in [0.1, 0.15) is 11.9 Å². The summed E-state index contributed by atoms with van der Waals surface area (Å²) < 4.78 is 5.10. The number of ether oxygens (including phenoxy) is 1. The van der Waals surface area contributed by atoms with Crippen LogP contribution < -0.4 is 0 Å². The third kappa shape index (κ3) is 2.45. The molecular weight excluding hydrogens is 180 g/mol. The number of aromatic amines is 1. The Morgan fingerprint density at radius 2 is 2.36 bits per heavy atom. The van der Waals surface area contributed by atoms with Crippen molar-refractivity contribution in [2.24, 2.45) is 0 Å². The first-order chi connectivity index (χ1) is 6.50. The SMILES string of the molecule is C=C(C)C(=O)OC(C)c1cnc(C)[nH]1. The maximum Gasteiger partial charge on any atom is 0.333 e. The molecule has 76 valence electrons. The normalized spacial score (nSPS) is 12.2. The van der Waals surface area contributed by atoms with Crippen molar-refractivity contribution in [1.29, 1.82) is 0 Å². The van der Waals surface area contributed by atoms with E-state index in [0.717, 1.165) is 11.5 Å². The van der Waals surface area contributed by atoms with Crippen LogP contribution in [0.3, 0.4) is 0 Å². The minimum atomic E-state index is -0.384. The largest absolute Gasteiger partial charge is 0.453 e. The van der Waals surface area contributed by atoms with Gasteiger partial charge in [-0.1, -0.05) is 6.58 Å². The number of H-pyrrole nitrogens is 1. The Morgan fingerprint density at radius 3 is 2.79 bits per heavy atom. The number of imidazole rings is 1. The minimum Gasteiger partial charge on any atom is -0.453 e. The average Bonchev–Trinajstić information content (AvgIpc) is 2.51. The lowest BCUT2D eigenvalue weighted by molar-refractivity contribution is -0.143. The van der Waals surface area contributed by atoms with E-state index >= 15 is 0 Å². The maximum atomic E-state index is 11.2. The molecule has 4 heteroatoms. The van der Waals surface area contributed by atoms with Crippen LogP contribution >= 0.6 is 0 Å². The van der Waals surface area contributed by atoms with Gasteiger partial charge in [-0.05, 0) is 20.8 Å². The van der Waals surface area contributed by atoms with Crippen molar-refractivity contribution in [3.63, 3.8) is 0 Å². The number of aromatic nitrogens is 2. The molecule has 1 rings (SSSR count). The van der Waals surface area contributed by atoms with Crippen LogP contribution in [0, 0.1) is 6.92 Å². The number of rotatable bonds is 3. The van der Waals surface area contributed by atoms with Crippen molar-refractivity contribution >= 4 is 5.97 Å². The van der Waals surface area contributed by atoms with E-state index in [1.165, 1.54) is 0 Å². The Hall–Kier alpha value is -1.58. The van der Waals surface area contributed by atoms with Gasteiger partial charge in [-0.3, -0.25) is 0 Å². The number of carbonyl (C=O) groups excluding carboxylic acids is 1. The van der Waals surface area contributed by atoms with Gasteiger partial charge >= 0.3 is 5.97 Å². The van der Waals surface area contributed by atoms with E-state index in [2.05, 4.69) is 16.5 Å². The lowest BCUT2D eigenvalue weighted by Crippen LogP contribution is -2.09. The van der Waals surface area contributed by atoms with Gasteiger partial charge < -0.3 is 9.72 Å². The summed E-state index contributed by atoms with van der Waals surface area (Å²) in [5.74, 6) is 0.419. The molecule has 14 heavy (non-hydrogen) atoms. The molecule has 1 unspecified atom stereocenters. The second kappa shape index (κ2) is 4.09. The van der Waals surface area contributed by atoms with E-state index in [1.807, 2.05) is 6.92 Å². The second-order valence-corrected chi connectivity index (χ2v) is 3.25. The zero-order chi connectivity index (χ0) is 10.7. The van der Waals surface area contributed by atoms with Gasteiger partial charge in [0.25, 0.3) is 0 Å². The van der Waals surface area contributed by atoms with Gasteiger partial charge in [0, 0.05) is 5.57 Å². The Balaban J connectivity index is 2.63. The maximum absolute atomic E-state index is 11.2. The highest BCUT2D eigenvalue weighted by atomic mass is 16.5. The third-order valence-electron chi connectivity index (χ3n) is 1.79. The number of carbonyl (C=O) groups is 1. The lowest BCUT2D eigenvalue weighted by atomic mass is 10.3. The van der Waals surface area contributed by atoms with Gasteiger partial charge in [0.15, 0.2) is 0 Å². The van der Waals surface area contributed by atoms with Gasteiger partial charge in [-0.2, -0.15) is 0 Å². The van der Waals surface area contributed by atoms with Crippen LogP contribution in [0.2, 0.25) is 0 Å². The summed E-state index contributed by atoms with van der Waals surface area (Å²) in [6.07, 6.45) is 1.34. The van der Waals surface area contributed by atoms with E-state index in [0.29, 0.717) is 5.57 Å². The number of hydrogen-bond donors (Lipinski definition) is 1. The van der Waals surface area contributed by atoms with Crippen molar-refractivity contribution in [1.82, 2.24) is 9.97 Å². The molecule has 0 aliphatic carbocycles. The van der Waals surface area contributed by atoms with Crippen LogP contribution in [0.15, 0.2) is 18.3 Å². The van der Waals surface area contributed by atoms with Crippen molar-refractivity contribution in [2.45, 2.75) is 26.9 Å². The van der Waals surface area contributed by atoms with E-state index in [4.69, 9.17) is 4.74 Å². The molecule has 0 amide bonds. The van der Waals surface area contributed by atoms with E-state index < -0.39 is 0 Å². The summed E-state index contributed by atoms with van der Waals surface area (Å²) in [6.45, 7) is 8.75. The number of nitrogens with one attached hydrogen (secondary N) is 1. The Labute approximate surface area is 83.0 Å². The average molecular weight is 194 g/mol. The highest BCUT2D eigenvalue weighted by Crippen LogP contribution is 2.15. The lowest BCUT2D eigenvalue weighted by Gasteiger charge is -2.10. The van der Waals surface area contributed by atoms with E-state index in [1.54, 1.807) is 20.0 Å². The minimum absolute atomic E-state index is 0.319. The summed E-state index contributed by atoms with van der Waals surface area (Å²) in [7, 11) is 0. The highest BCUT2D eigenvalue weighted by molar-refractivity contribution is 5.87. The predicted molar refractivity (Wildman–Crippen MR) is 52.6 cm³/mol. The fourth-order valence-corrected chi connectivity index (χ4v) is 0.971. The fourth-order valence-electron chi connectivity index (χ4n) is 0.971. The predicted octanol–water partition coefficient (Wildman–Crippen LogP) is 1.90. The van der Waals surface area contributed by atoms with Crippen molar-refractivity contribution in [2.75, 3.05) is 0 Å². The number of hydrogen-bond acceptors (Lipinski definition) is 3. The molecule has 0 aliphatic rings. The molecule has 1 aromatic rings. The molecule has 0 fully saturated rings. The molecule has 4 nitrogen and oxygen atoms in total. The number of aryl methyl sites for hydroxylation is 1. The highest BCUT2D eigenvalue weighted by Gasteiger charge is 2.13. The first kappa shape index (κ1) is 10.5. The zero-order valence-electron chi connectivity index (χ0n) is 8.63. The Kier molecular flexibility index (Phi) is 3.06. The smallest absolute Gasteiger partial charge is 0.333 e. The van der Waals surface area contributed by atoms with Crippen molar-refractivity contribution in [3.8, 4) is 0 Å². The first-order valence-electron chi connectivity index (χ1n) is 4.38. The Morgan fingerprint density at radius 1 is 1.71 bits per heavy atom. The summed E-state index contributed by atoms with van der Waals surface area (Å²) in [5.41, 5.74) is 1.19. The fraction of sp³-hybridized carbons (Fsp3) is 0.400. The van der Waals surface area contributed by atoms with Crippen molar-refractivity contribution in [3.05, 3.63) is 29.9 Å². The standard InChI is InChI=1S/C10H14N2O2/c1-6(2)10(13)14-7(3)9-5-11-8(4)12-9/h5,7H,1H2,2-4H3,(H,11,12). The van der Waals surface area contributed by atoms with Gasteiger partial charge in [0.2, 0.25) is 0 Å². The topological polar surface area (TPSA) is 55.0 Å². The molecule has 0 aliphatic heterocycles. The van der Waals surface area contributed by atoms with Crippen LogP contribution in [-0.4, -0.2) is 15.9 Å². The molecule has 1 atom stereocenters. The number of nitrogens with zero attached hydrogens (tertiary/aromatic N) is 1. The van der Waals surface area contributed by atoms with Crippen LogP contribution in [0.4, 0.5) is 0 Å². The van der Waals surface area contributed by atoms with Crippen LogP contribution in [0.5, 0.6) is 0 Å². The number of esters is 1. The summed E-state index contributed by atoms with van der Waals surface area (Å²) in [5, 5.41) is 0. The van der Waals surface area contributed by atoms with Gasteiger partial charge in [-0.25, -0.2) is 9.78 Å². The molecule has 0 saturated heterocycles. The zero-order valence-corrected chi connectivity index (χ0v) is 8.63. The van der Waals surface area contributed by atoms with Crippen molar-refractivity contribution < 1.29 is 9.53 Å². The molecule has 0 spiro atoms. The molecule has 1 N–H and O–H groups in total. The molecule has 0 saturated carbocycles. The summed E-state index contributed by atoms with van der Waals surface area (Å²) >= 11 is 0. The molecular formula is C10H14N2O2. The molecule has 0 radical (unpaired) electrons. The van der Waals surface area contributed by atoms with E-state index in [9.17, 15) is 4.79 Å². The first-order valence-corrected chi connectivity index (χ1v) is 4.38. The molecule has 1 aromatic heterocycles. The summed E-state index contributed by atoms with van der Waals surface area (Å²) in [6, 6.07) is 0. The Bertz CT molecular complexity index is 355. The summed E-state index contributed by atoms with van der Waals surface area (Å²) in [4.78, 5) is 18.2.